The van der Waals surface area contributed by atoms with E-state index in [0.717, 1.165) is 26.1 Å². The van der Waals surface area contributed by atoms with Gasteiger partial charge in [0.15, 0.2) is 0 Å². The van der Waals surface area contributed by atoms with Crippen LogP contribution in [0.5, 0.6) is 0 Å². The zero-order valence-corrected chi connectivity index (χ0v) is 10.6. The van der Waals surface area contributed by atoms with Gasteiger partial charge in [-0.2, -0.15) is 0 Å². The summed E-state index contributed by atoms with van der Waals surface area (Å²) < 4.78 is 0. The molecule has 2 N–H and O–H groups in total. The van der Waals surface area contributed by atoms with E-state index in [1.807, 2.05) is 7.05 Å². The van der Waals surface area contributed by atoms with E-state index in [1.165, 1.54) is 24.0 Å². The predicted octanol–water partition coefficient (Wildman–Crippen LogP) is 2.34. The summed E-state index contributed by atoms with van der Waals surface area (Å²) >= 11 is 0. The van der Waals surface area contributed by atoms with Crippen LogP contribution in [0.2, 0.25) is 0 Å². The van der Waals surface area contributed by atoms with Crippen LogP contribution in [0, 0.1) is 0 Å². The summed E-state index contributed by atoms with van der Waals surface area (Å²) in [7, 11) is 2.00. The molecule has 2 nitrogen and oxygen atoms in total. The van der Waals surface area contributed by atoms with Crippen LogP contribution in [-0.2, 0) is 13.0 Å². The van der Waals surface area contributed by atoms with E-state index >= 15 is 0 Å². The predicted molar refractivity (Wildman–Crippen MR) is 70.7 cm³/mol. The summed E-state index contributed by atoms with van der Waals surface area (Å²) in [6.07, 6.45) is 3.63. The first-order valence-electron chi connectivity index (χ1n) is 6.30. The maximum absolute atomic E-state index is 3.50. The molecule has 0 spiro atoms. The molecule has 16 heavy (non-hydrogen) atoms. The van der Waals surface area contributed by atoms with Gasteiger partial charge in [0.2, 0.25) is 0 Å². The van der Waals surface area contributed by atoms with Gasteiger partial charge in [0.05, 0.1) is 0 Å². The van der Waals surface area contributed by atoms with Crippen molar-refractivity contribution in [1.82, 2.24) is 10.6 Å². The number of benzene rings is 1. The Morgan fingerprint density at radius 2 is 1.81 bits per heavy atom. The van der Waals surface area contributed by atoms with E-state index < -0.39 is 0 Å². The lowest BCUT2D eigenvalue weighted by Crippen LogP contribution is -2.17. The normalized spacial score (nSPS) is 10.6. The first-order valence-corrected chi connectivity index (χ1v) is 6.30. The van der Waals surface area contributed by atoms with E-state index in [9.17, 15) is 0 Å². The molecule has 0 saturated heterocycles. The molecule has 0 unspecified atom stereocenters. The smallest absolute Gasteiger partial charge is 0.0208 e. The van der Waals surface area contributed by atoms with E-state index in [2.05, 4.69) is 41.8 Å². The largest absolute Gasteiger partial charge is 0.319 e. The van der Waals surface area contributed by atoms with Crippen molar-refractivity contribution in [3.8, 4) is 0 Å². The fourth-order valence-electron chi connectivity index (χ4n) is 1.76. The highest BCUT2D eigenvalue weighted by Crippen LogP contribution is 2.08. The van der Waals surface area contributed by atoms with Crippen LogP contribution >= 0.6 is 0 Å². The lowest BCUT2D eigenvalue weighted by atomic mass is 10.0. The Labute approximate surface area is 99.5 Å². The van der Waals surface area contributed by atoms with Gasteiger partial charge in [-0.1, -0.05) is 37.6 Å². The zero-order chi connectivity index (χ0) is 11.6. The Kier molecular flexibility index (Phi) is 6.86. The summed E-state index contributed by atoms with van der Waals surface area (Å²) in [4.78, 5) is 0. The topological polar surface area (TPSA) is 24.1 Å². The van der Waals surface area contributed by atoms with Gasteiger partial charge in [-0.15, -0.1) is 0 Å². The van der Waals surface area contributed by atoms with Gasteiger partial charge >= 0.3 is 0 Å². The summed E-state index contributed by atoms with van der Waals surface area (Å²) in [6.45, 7) is 5.39. The van der Waals surface area contributed by atoms with Crippen LogP contribution in [0.4, 0.5) is 0 Å². The minimum atomic E-state index is 1.000. The van der Waals surface area contributed by atoms with Crippen LogP contribution in [-0.4, -0.2) is 20.1 Å². The first-order chi connectivity index (χ1) is 7.88. The number of unbranched alkanes of at least 4 members (excludes halogenated alkanes) is 1. The number of rotatable bonds is 8. The van der Waals surface area contributed by atoms with Gasteiger partial charge in [-0.25, -0.2) is 0 Å². The van der Waals surface area contributed by atoms with E-state index in [0.29, 0.717) is 0 Å². The molecule has 90 valence electrons. The second-order valence-electron chi connectivity index (χ2n) is 4.15. The van der Waals surface area contributed by atoms with E-state index in [4.69, 9.17) is 0 Å². The minimum Gasteiger partial charge on any atom is -0.319 e. The maximum atomic E-state index is 3.50. The van der Waals surface area contributed by atoms with Crippen molar-refractivity contribution in [1.29, 1.82) is 0 Å². The SMILES string of the molecule is CCCCNCc1ccccc1CCNC. The van der Waals surface area contributed by atoms with Crippen molar-refractivity contribution < 1.29 is 0 Å². The average Bonchev–Trinajstić information content (AvgIpc) is 2.33. The third kappa shape index (κ3) is 4.77. The van der Waals surface area contributed by atoms with Crippen molar-refractivity contribution >= 4 is 0 Å². The van der Waals surface area contributed by atoms with Gasteiger partial charge in [0, 0.05) is 6.54 Å². The molecule has 0 amide bonds. The third-order valence-corrected chi connectivity index (χ3v) is 2.79. The van der Waals surface area contributed by atoms with Crippen LogP contribution in [0.3, 0.4) is 0 Å². The fraction of sp³-hybridized carbons (Fsp3) is 0.571. The van der Waals surface area contributed by atoms with E-state index in [-0.39, 0.29) is 0 Å². The number of hydrogen-bond donors (Lipinski definition) is 2. The molecular weight excluding hydrogens is 196 g/mol. The Bertz CT molecular complexity index is 284. The highest BCUT2D eigenvalue weighted by atomic mass is 14.8. The van der Waals surface area contributed by atoms with Gasteiger partial charge in [-0.3, -0.25) is 0 Å². The first kappa shape index (κ1) is 13.2. The molecule has 0 atom stereocenters. The number of hydrogen-bond acceptors (Lipinski definition) is 2. The average molecular weight is 220 g/mol. The molecular formula is C14H24N2. The lowest BCUT2D eigenvalue weighted by molar-refractivity contribution is 0.637. The van der Waals surface area contributed by atoms with Gasteiger partial charge < -0.3 is 10.6 Å². The van der Waals surface area contributed by atoms with Crippen molar-refractivity contribution in [3.63, 3.8) is 0 Å². The molecule has 0 saturated carbocycles. The summed E-state index contributed by atoms with van der Waals surface area (Å²) in [6, 6.07) is 8.71. The molecule has 0 aliphatic rings. The molecule has 1 aromatic rings. The molecule has 0 radical (unpaired) electrons. The Balaban J connectivity index is 2.43. The van der Waals surface area contributed by atoms with Gasteiger partial charge in [0.25, 0.3) is 0 Å². The number of nitrogens with one attached hydrogen (secondary N) is 2. The molecule has 0 bridgehead atoms. The zero-order valence-electron chi connectivity index (χ0n) is 10.6. The van der Waals surface area contributed by atoms with Crippen LogP contribution < -0.4 is 10.6 Å². The summed E-state index contributed by atoms with van der Waals surface area (Å²) in [5.74, 6) is 0. The minimum absolute atomic E-state index is 1.000. The molecule has 0 aromatic heterocycles. The highest BCUT2D eigenvalue weighted by molar-refractivity contribution is 5.27. The Morgan fingerprint density at radius 3 is 2.50 bits per heavy atom. The second-order valence-corrected chi connectivity index (χ2v) is 4.15. The van der Waals surface area contributed by atoms with Crippen molar-refractivity contribution in [2.75, 3.05) is 20.1 Å². The monoisotopic (exact) mass is 220 g/mol. The quantitative estimate of drug-likeness (QED) is 0.657. The summed E-state index contributed by atoms with van der Waals surface area (Å²) in [5, 5.41) is 6.70. The number of likely N-dealkylation sites (N-methyl/N-ethyl adjacent to an activating group) is 1. The standard InChI is InChI=1S/C14H24N2/c1-3-4-10-16-12-14-8-6-5-7-13(14)9-11-15-2/h5-8,15-16H,3-4,9-12H2,1-2H3. The second kappa shape index (κ2) is 8.31. The molecule has 1 aromatic carbocycles. The van der Waals surface area contributed by atoms with Crippen molar-refractivity contribution in [2.45, 2.75) is 32.7 Å². The summed E-state index contributed by atoms with van der Waals surface area (Å²) in [5.41, 5.74) is 2.90. The Hall–Kier alpha value is -0.860. The molecule has 2 heteroatoms. The van der Waals surface area contributed by atoms with Crippen molar-refractivity contribution in [3.05, 3.63) is 35.4 Å². The molecule has 0 aliphatic carbocycles. The van der Waals surface area contributed by atoms with Crippen LogP contribution in [0.15, 0.2) is 24.3 Å². The van der Waals surface area contributed by atoms with Crippen LogP contribution in [0.25, 0.3) is 0 Å². The maximum Gasteiger partial charge on any atom is 0.0208 e. The molecule has 0 aliphatic heterocycles. The van der Waals surface area contributed by atoms with Crippen molar-refractivity contribution in [2.24, 2.45) is 0 Å². The van der Waals surface area contributed by atoms with Gasteiger partial charge in [-0.05, 0) is 44.1 Å². The fourth-order valence-corrected chi connectivity index (χ4v) is 1.76. The molecule has 0 heterocycles. The third-order valence-electron chi connectivity index (χ3n) is 2.79. The van der Waals surface area contributed by atoms with Crippen LogP contribution in [0.1, 0.15) is 30.9 Å². The molecule has 0 fully saturated rings. The van der Waals surface area contributed by atoms with Gasteiger partial charge in [0.1, 0.15) is 0 Å². The van der Waals surface area contributed by atoms with E-state index in [1.54, 1.807) is 0 Å². The highest BCUT2D eigenvalue weighted by Gasteiger charge is 2.00. The lowest BCUT2D eigenvalue weighted by Gasteiger charge is -2.10. The Morgan fingerprint density at radius 1 is 1.06 bits per heavy atom. The molecule has 1 rings (SSSR count).